The minimum atomic E-state index is -0.220. The molecule has 2 amide bonds. The second-order valence-corrected chi connectivity index (χ2v) is 4.70. The Morgan fingerprint density at radius 1 is 1.25 bits per heavy atom. The van der Waals surface area contributed by atoms with Gasteiger partial charge in [0.25, 0.3) is 5.91 Å². The molecule has 0 heterocycles. The van der Waals surface area contributed by atoms with Crippen molar-refractivity contribution in [2.24, 2.45) is 0 Å². The van der Waals surface area contributed by atoms with E-state index in [0.717, 1.165) is 12.8 Å². The Balaban J connectivity index is 1.97. The first-order valence-electron chi connectivity index (χ1n) is 6.70. The fourth-order valence-corrected chi connectivity index (χ4v) is 1.67. The Morgan fingerprint density at radius 2 is 2.05 bits per heavy atom. The van der Waals surface area contributed by atoms with Gasteiger partial charge in [-0.25, -0.2) is 0 Å². The van der Waals surface area contributed by atoms with E-state index >= 15 is 0 Å². The average molecular weight is 270 g/mol. The number of hydrogen-bond donors (Lipinski definition) is 2. The van der Waals surface area contributed by atoms with Gasteiger partial charge in [0.15, 0.2) is 0 Å². The van der Waals surface area contributed by atoms with Crippen LogP contribution in [0.25, 0.3) is 0 Å². The molecule has 0 spiro atoms. The number of carbonyl (C=O) groups is 2. The fraction of sp³-hybridized carbons (Fsp3) is 0.250. The van der Waals surface area contributed by atoms with Crippen molar-refractivity contribution in [3.05, 3.63) is 54.1 Å². The molecule has 1 aromatic carbocycles. The monoisotopic (exact) mass is 270 g/mol. The maximum Gasteiger partial charge on any atom is 0.251 e. The summed E-state index contributed by atoms with van der Waals surface area (Å²) in [4.78, 5) is 23.5. The SMILES string of the molecule is CC=CC=CC(=O)Nc1cccc(C(=O)NC2CC2)c1. The van der Waals surface area contributed by atoms with Gasteiger partial charge in [-0.2, -0.15) is 0 Å². The largest absolute Gasteiger partial charge is 0.349 e. The van der Waals surface area contributed by atoms with Crippen molar-refractivity contribution < 1.29 is 9.59 Å². The molecule has 2 rings (SSSR count). The summed E-state index contributed by atoms with van der Waals surface area (Å²) in [6, 6.07) is 7.26. The molecule has 2 N–H and O–H groups in total. The number of amides is 2. The van der Waals surface area contributed by atoms with Crippen LogP contribution < -0.4 is 10.6 Å². The number of benzene rings is 1. The summed E-state index contributed by atoms with van der Waals surface area (Å²) >= 11 is 0. The van der Waals surface area contributed by atoms with Gasteiger partial charge in [0.05, 0.1) is 0 Å². The molecule has 20 heavy (non-hydrogen) atoms. The lowest BCUT2D eigenvalue weighted by Gasteiger charge is -2.06. The van der Waals surface area contributed by atoms with E-state index < -0.39 is 0 Å². The molecule has 1 saturated carbocycles. The number of rotatable bonds is 5. The molecular weight excluding hydrogens is 252 g/mol. The van der Waals surface area contributed by atoms with Crippen molar-refractivity contribution in [1.29, 1.82) is 0 Å². The number of carbonyl (C=O) groups excluding carboxylic acids is 2. The zero-order valence-corrected chi connectivity index (χ0v) is 11.4. The third-order valence-electron chi connectivity index (χ3n) is 2.86. The van der Waals surface area contributed by atoms with Crippen LogP contribution in [0.2, 0.25) is 0 Å². The van der Waals surface area contributed by atoms with Crippen molar-refractivity contribution in [3.8, 4) is 0 Å². The Morgan fingerprint density at radius 3 is 2.75 bits per heavy atom. The quantitative estimate of drug-likeness (QED) is 0.638. The lowest BCUT2D eigenvalue weighted by molar-refractivity contribution is -0.111. The van der Waals surface area contributed by atoms with Crippen LogP contribution in [0.1, 0.15) is 30.1 Å². The summed E-state index contributed by atoms with van der Waals surface area (Å²) in [7, 11) is 0. The van der Waals surface area contributed by atoms with Crippen molar-refractivity contribution in [1.82, 2.24) is 5.32 Å². The highest BCUT2D eigenvalue weighted by atomic mass is 16.2. The first kappa shape index (κ1) is 14.1. The van der Waals surface area contributed by atoms with Crippen LogP contribution in [0.15, 0.2) is 48.6 Å². The zero-order chi connectivity index (χ0) is 14.4. The van der Waals surface area contributed by atoms with Crippen LogP contribution >= 0.6 is 0 Å². The summed E-state index contributed by atoms with van der Waals surface area (Å²) in [5.41, 5.74) is 1.18. The number of nitrogens with one attached hydrogen (secondary N) is 2. The second-order valence-electron chi connectivity index (χ2n) is 4.70. The summed E-state index contributed by atoms with van der Waals surface area (Å²) in [5.74, 6) is -0.309. The lowest BCUT2D eigenvalue weighted by Crippen LogP contribution is -2.25. The predicted molar refractivity (Wildman–Crippen MR) is 79.5 cm³/mol. The van der Waals surface area contributed by atoms with Crippen molar-refractivity contribution in [2.75, 3.05) is 5.32 Å². The predicted octanol–water partition coefficient (Wildman–Crippen LogP) is 2.65. The fourth-order valence-electron chi connectivity index (χ4n) is 1.67. The van der Waals surface area contributed by atoms with Gasteiger partial charge in [-0.3, -0.25) is 9.59 Å². The molecule has 104 valence electrons. The van der Waals surface area contributed by atoms with Crippen LogP contribution in [0.3, 0.4) is 0 Å². The van der Waals surface area contributed by atoms with E-state index in [-0.39, 0.29) is 11.8 Å². The Kier molecular flexibility index (Phi) is 4.71. The maximum absolute atomic E-state index is 11.9. The summed E-state index contributed by atoms with van der Waals surface area (Å²) in [6.45, 7) is 1.88. The molecule has 0 aliphatic heterocycles. The van der Waals surface area contributed by atoms with Crippen LogP contribution in [-0.4, -0.2) is 17.9 Å². The molecule has 4 heteroatoms. The summed E-state index contributed by atoms with van der Waals surface area (Å²) < 4.78 is 0. The normalized spacial score (nSPS) is 14.7. The number of anilines is 1. The first-order valence-corrected chi connectivity index (χ1v) is 6.70. The Hall–Kier alpha value is -2.36. The number of allylic oxidation sites excluding steroid dienone is 3. The van der Waals surface area contributed by atoms with Crippen molar-refractivity contribution in [3.63, 3.8) is 0 Å². The van der Waals surface area contributed by atoms with Crippen molar-refractivity contribution in [2.45, 2.75) is 25.8 Å². The van der Waals surface area contributed by atoms with E-state index in [1.807, 2.05) is 13.0 Å². The molecular formula is C16H18N2O2. The minimum absolute atomic E-state index is 0.0898. The third-order valence-corrected chi connectivity index (χ3v) is 2.86. The van der Waals surface area contributed by atoms with Gasteiger partial charge in [-0.1, -0.05) is 24.3 Å². The highest BCUT2D eigenvalue weighted by molar-refractivity contribution is 6.01. The van der Waals surface area contributed by atoms with Gasteiger partial charge in [0.2, 0.25) is 5.91 Å². The topological polar surface area (TPSA) is 58.2 Å². The van der Waals surface area contributed by atoms with Crippen LogP contribution in [-0.2, 0) is 4.79 Å². The highest BCUT2D eigenvalue weighted by Crippen LogP contribution is 2.20. The molecule has 1 aromatic rings. The first-order chi connectivity index (χ1) is 9.69. The molecule has 0 bridgehead atoms. The Labute approximate surface area is 118 Å². The molecule has 1 aliphatic rings. The molecule has 0 radical (unpaired) electrons. The lowest BCUT2D eigenvalue weighted by atomic mass is 10.2. The second kappa shape index (κ2) is 6.70. The van der Waals surface area contributed by atoms with Gasteiger partial charge in [0.1, 0.15) is 0 Å². The zero-order valence-electron chi connectivity index (χ0n) is 11.4. The van der Waals surface area contributed by atoms with E-state index in [1.54, 1.807) is 36.4 Å². The molecule has 0 saturated heterocycles. The highest BCUT2D eigenvalue weighted by Gasteiger charge is 2.23. The average Bonchev–Trinajstić information content (AvgIpc) is 3.23. The van der Waals surface area contributed by atoms with Gasteiger partial charge < -0.3 is 10.6 Å². The molecule has 1 fully saturated rings. The van der Waals surface area contributed by atoms with E-state index in [1.165, 1.54) is 6.08 Å². The minimum Gasteiger partial charge on any atom is -0.349 e. The maximum atomic E-state index is 11.9. The third kappa shape index (κ3) is 4.39. The van der Waals surface area contributed by atoms with Gasteiger partial charge in [0, 0.05) is 23.4 Å². The van der Waals surface area contributed by atoms with Crippen LogP contribution in [0, 0.1) is 0 Å². The smallest absolute Gasteiger partial charge is 0.251 e. The van der Waals surface area contributed by atoms with Gasteiger partial charge in [-0.15, -0.1) is 0 Å². The molecule has 1 aliphatic carbocycles. The van der Waals surface area contributed by atoms with E-state index in [4.69, 9.17) is 0 Å². The standard InChI is InChI=1S/C16H18N2O2/c1-2-3-4-8-15(19)17-14-7-5-6-12(11-14)16(20)18-13-9-10-13/h2-8,11,13H,9-10H2,1H3,(H,17,19)(H,18,20). The van der Waals surface area contributed by atoms with Crippen molar-refractivity contribution >= 4 is 17.5 Å². The molecule has 0 unspecified atom stereocenters. The van der Waals surface area contributed by atoms with E-state index in [0.29, 0.717) is 17.3 Å². The Bertz CT molecular complexity index is 557. The molecule has 0 atom stereocenters. The molecule has 4 nitrogen and oxygen atoms in total. The van der Waals surface area contributed by atoms with E-state index in [9.17, 15) is 9.59 Å². The number of hydrogen-bond acceptors (Lipinski definition) is 2. The van der Waals surface area contributed by atoms with Crippen LogP contribution in [0.5, 0.6) is 0 Å². The molecule has 0 aromatic heterocycles. The summed E-state index contributed by atoms with van der Waals surface area (Å²) in [5, 5.41) is 5.64. The summed E-state index contributed by atoms with van der Waals surface area (Å²) in [6.07, 6.45) is 8.83. The van der Waals surface area contributed by atoms with E-state index in [2.05, 4.69) is 10.6 Å². The van der Waals surface area contributed by atoms with Gasteiger partial charge in [-0.05, 0) is 38.0 Å². The van der Waals surface area contributed by atoms with Gasteiger partial charge >= 0.3 is 0 Å². The van der Waals surface area contributed by atoms with Crippen LogP contribution in [0.4, 0.5) is 5.69 Å².